The summed E-state index contributed by atoms with van der Waals surface area (Å²) in [7, 11) is 1.44. The van der Waals surface area contributed by atoms with Crippen LogP contribution in [0.3, 0.4) is 0 Å². The van der Waals surface area contributed by atoms with Crippen LogP contribution in [0, 0.1) is 0 Å². The average molecular weight is 570 g/mol. The van der Waals surface area contributed by atoms with Crippen LogP contribution in [0.1, 0.15) is 54.5 Å². The third-order valence-corrected chi connectivity index (χ3v) is 8.53. The summed E-state index contributed by atoms with van der Waals surface area (Å²) < 4.78 is 5.72. The van der Waals surface area contributed by atoms with Crippen LogP contribution in [0.5, 0.6) is 11.5 Å². The number of aliphatic carboxylic acids is 1. The van der Waals surface area contributed by atoms with E-state index in [1.807, 2.05) is 13.8 Å². The van der Waals surface area contributed by atoms with Gasteiger partial charge in [-0.15, -0.1) is 0 Å². The van der Waals surface area contributed by atoms with Gasteiger partial charge in [0, 0.05) is 35.0 Å². The smallest absolute Gasteiger partial charge is 0.303 e. The highest BCUT2D eigenvalue weighted by molar-refractivity contribution is 6.38. The number of allylic oxidation sites excluding steroid dienone is 1. The second kappa shape index (κ2) is 10.1. The Kier molecular flexibility index (Phi) is 6.67. The lowest BCUT2D eigenvalue weighted by atomic mass is 9.80. The number of anilines is 1. The minimum atomic E-state index is -0.907. The highest BCUT2D eigenvalue weighted by Crippen LogP contribution is 2.53. The van der Waals surface area contributed by atoms with Gasteiger partial charge in [-0.25, -0.2) is 0 Å². The number of phenols is 1. The second-order valence-corrected chi connectivity index (χ2v) is 11.0. The van der Waals surface area contributed by atoms with E-state index in [1.54, 1.807) is 0 Å². The Hall–Kier alpha value is -4.47. The van der Waals surface area contributed by atoms with Gasteiger partial charge in [0.25, 0.3) is 0 Å². The van der Waals surface area contributed by atoms with Crippen molar-refractivity contribution in [3.63, 3.8) is 0 Å². The molecular formula is C33H31NO8. The maximum Gasteiger partial charge on any atom is 0.303 e. The van der Waals surface area contributed by atoms with Gasteiger partial charge in [0.15, 0.2) is 22.4 Å². The average Bonchev–Trinajstić information content (AvgIpc) is 3.11. The maximum absolute atomic E-state index is 13.9. The molecule has 216 valence electrons. The molecule has 42 heavy (non-hydrogen) atoms. The summed E-state index contributed by atoms with van der Waals surface area (Å²) in [5.74, 6) is -1.00. The fraction of sp³-hybridized carbons (Fsp3) is 0.303. The number of hydrogen-bond donors (Lipinski definition) is 5. The number of carbonyl (C=O) groups is 1. The molecule has 9 heteroatoms. The summed E-state index contributed by atoms with van der Waals surface area (Å²) in [5.41, 5.74) is 3.85. The third kappa shape index (κ3) is 3.73. The molecule has 0 unspecified atom stereocenters. The highest BCUT2D eigenvalue weighted by Gasteiger charge is 2.31. The van der Waals surface area contributed by atoms with E-state index in [9.17, 15) is 29.7 Å². The van der Waals surface area contributed by atoms with Crippen molar-refractivity contribution in [3.8, 4) is 11.5 Å². The molecular weight excluding hydrogens is 538 g/mol. The fourth-order valence-corrected chi connectivity index (χ4v) is 6.99. The molecule has 0 fully saturated rings. The summed E-state index contributed by atoms with van der Waals surface area (Å²) >= 11 is 0. The number of aliphatic hydroxyl groups is 2. The normalized spacial score (nSPS) is 13.0. The number of methoxy groups -OCH3 is 1. The van der Waals surface area contributed by atoms with Gasteiger partial charge in [-0.3, -0.25) is 14.4 Å². The second-order valence-electron chi connectivity index (χ2n) is 11.0. The number of rotatable bonds is 9. The molecule has 1 aliphatic rings. The van der Waals surface area contributed by atoms with Gasteiger partial charge < -0.3 is 30.5 Å². The number of carboxylic acids is 1. The predicted octanol–water partition coefficient (Wildman–Crippen LogP) is 4.39. The lowest BCUT2D eigenvalue weighted by Crippen LogP contribution is -2.15. The number of aromatic hydroxyl groups is 1. The van der Waals surface area contributed by atoms with Crippen LogP contribution in [0.25, 0.3) is 49.2 Å². The molecule has 0 saturated carbocycles. The number of benzene rings is 5. The summed E-state index contributed by atoms with van der Waals surface area (Å²) in [6.07, 6.45) is 3.32. The van der Waals surface area contributed by atoms with Crippen LogP contribution in [-0.4, -0.2) is 40.0 Å². The number of fused-ring (bicyclic) bond motifs is 1. The van der Waals surface area contributed by atoms with Gasteiger partial charge in [0.1, 0.15) is 0 Å². The molecule has 0 saturated heterocycles. The maximum atomic E-state index is 13.9. The Morgan fingerprint density at radius 3 is 2.12 bits per heavy atom. The van der Waals surface area contributed by atoms with Crippen LogP contribution in [0.15, 0.2) is 27.3 Å². The van der Waals surface area contributed by atoms with Gasteiger partial charge in [-0.1, -0.05) is 18.6 Å². The molecule has 5 N–H and O–H groups in total. The number of hydrogen-bond acceptors (Lipinski definition) is 8. The molecule has 0 aliphatic heterocycles. The lowest BCUT2D eigenvalue weighted by molar-refractivity contribution is -0.137. The Bertz CT molecular complexity index is 2100. The SMILES string of the molecule is CCc1c(NCCCC(=O)O)c2c(=O)cc(CO)c3c4c(CO)cc(=O)c5c(O)c(OC)c6c(c(c1C=C(C)C6)c23)c54. The van der Waals surface area contributed by atoms with E-state index in [0.29, 0.717) is 80.5 Å². The number of carboxylic acid groups (broad SMARTS) is 1. The minimum Gasteiger partial charge on any atom is -0.504 e. The molecule has 0 aromatic heterocycles. The Morgan fingerprint density at radius 2 is 1.55 bits per heavy atom. The van der Waals surface area contributed by atoms with Crippen molar-refractivity contribution < 1.29 is 30.0 Å². The minimum absolute atomic E-state index is 0.0279. The van der Waals surface area contributed by atoms with Gasteiger partial charge in [-0.05, 0) is 82.1 Å². The molecule has 0 spiro atoms. The number of aliphatic hydroxyl groups excluding tert-OH is 2. The van der Waals surface area contributed by atoms with Gasteiger partial charge in [0.05, 0.1) is 31.1 Å². The monoisotopic (exact) mass is 569 g/mol. The zero-order chi connectivity index (χ0) is 30.0. The number of nitrogens with one attached hydrogen (secondary N) is 1. The molecule has 6 rings (SSSR count). The Morgan fingerprint density at radius 1 is 0.929 bits per heavy atom. The van der Waals surface area contributed by atoms with E-state index in [4.69, 9.17) is 9.84 Å². The van der Waals surface area contributed by atoms with E-state index in [1.165, 1.54) is 19.2 Å². The standard InChI is InChI=1S/C33H31NO8/c1-4-17-18-8-14(2)9-19-26-25(18)29-23(15(12-35)10-20(37)27(29)31(17)34-7-5-6-22(39)40)24-16(13-36)11-21(38)28(30(24)26)32(41)33(19)42-3/h8,10-11,34-36,41H,4-7,9,12-13H2,1-3H3,(H,39,40). The molecule has 0 radical (unpaired) electrons. The number of ether oxygens (including phenoxy) is 1. The summed E-state index contributed by atoms with van der Waals surface area (Å²) in [4.78, 5) is 38.6. The van der Waals surface area contributed by atoms with Gasteiger partial charge in [0.2, 0.25) is 0 Å². The molecule has 5 aromatic rings. The van der Waals surface area contributed by atoms with Crippen LogP contribution >= 0.6 is 0 Å². The first-order valence-corrected chi connectivity index (χ1v) is 14.0. The molecule has 0 bridgehead atoms. The van der Waals surface area contributed by atoms with E-state index < -0.39 is 24.6 Å². The third-order valence-electron chi connectivity index (χ3n) is 8.53. The molecule has 0 atom stereocenters. The van der Waals surface area contributed by atoms with E-state index >= 15 is 0 Å². The molecule has 0 amide bonds. The van der Waals surface area contributed by atoms with E-state index in [0.717, 1.165) is 22.1 Å². The molecule has 1 aliphatic carbocycles. The zero-order valence-electron chi connectivity index (χ0n) is 23.6. The van der Waals surface area contributed by atoms with Crippen molar-refractivity contribution in [2.24, 2.45) is 0 Å². The van der Waals surface area contributed by atoms with Crippen LogP contribution in [0.2, 0.25) is 0 Å². The summed E-state index contributed by atoms with van der Waals surface area (Å²) in [6.45, 7) is 3.35. The topological polar surface area (TPSA) is 153 Å². The molecule has 9 nitrogen and oxygen atoms in total. The first-order chi connectivity index (χ1) is 20.2. The van der Waals surface area contributed by atoms with Crippen LogP contribution < -0.4 is 20.9 Å². The first-order valence-electron chi connectivity index (χ1n) is 14.0. The quantitative estimate of drug-likeness (QED) is 0.0988. The van der Waals surface area contributed by atoms with Crippen LogP contribution in [0.4, 0.5) is 5.69 Å². The first kappa shape index (κ1) is 27.7. The summed E-state index contributed by atoms with van der Waals surface area (Å²) in [5, 5.41) is 48.9. The van der Waals surface area contributed by atoms with E-state index in [2.05, 4.69) is 11.4 Å². The molecule has 5 aromatic carbocycles. The Labute approximate surface area is 240 Å². The lowest BCUT2D eigenvalue weighted by Gasteiger charge is -2.25. The predicted molar refractivity (Wildman–Crippen MR) is 164 cm³/mol. The van der Waals surface area contributed by atoms with Crippen molar-refractivity contribution in [3.05, 3.63) is 66.0 Å². The van der Waals surface area contributed by atoms with E-state index in [-0.39, 0.29) is 28.7 Å². The largest absolute Gasteiger partial charge is 0.504 e. The van der Waals surface area contributed by atoms with Crippen molar-refractivity contribution in [1.29, 1.82) is 0 Å². The molecule has 0 heterocycles. The van der Waals surface area contributed by atoms with Crippen molar-refractivity contribution in [1.82, 2.24) is 0 Å². The van der Waals surface area contributed by atoms with Crippen LogP contribution in [-0.2, 0) is 30.8 Å². The van der Waals surface area contributed by atoms with Gasteiger partial charge >= 0.3 is 5.97 Å². The van der Waals surface area contributed by atoms with Gasteiger partial charge in [-0.2, -0.15) is 0 Å². The zero-order valence-corrected chi connectivity index (χ0v) is 23.6. The summed E-state index contributed by atoms with van der Waals surface area (Å²) in [6, 6.07) is 2.68. The highest BCUT2D eigenvalue weighted by atomic mass is 16.5. The van der Waals surface area contributed by atoms with Crippen molar-refractivity contribution in [2.75, 3.05) is 19.0 Å². The Balaban J connectivity index is 1.98. The fourth-order valence-electron chi connectivity index (χ4n) is 6.99. The van der Waals surface area contributed by atoms with Crippen molar-refractivity contribution >= 4 is 60.8 Å². The van der Waals surface area contributed by atoms with Crippen molar-refractivity contribution in [2.45, 2.75) is 52.7 Å². The number of phenolic OH excluding ortho intramolecular Hbond substituents is 1.